The Hall–Kier alpha value is -2.08. The van der Waals surface area contributed by atoms with E-state index in [1.54, 1.807) is 12.0 Å². The molecule has 0 spiro atoms. The average Bonchev–Trinajstić information content (AvgIpc) is 2.80. The monoisotopic (exact) mass is 291 g/mol. The molecule has 6 nitrogen and oxygen atoms in total. The second kappa shape index (κ2) is 7.08. The summed E-state index contributed by atoms with van der Waals surface area (Å²) in [4.78, 5) is 25.6. The van der Waals surface area contributed by atoms with Crippen molar-refractivity contribution in [1.29, 1.82) is 0 Å². The van der Waals surface area contributed by atoms with Crippen molar-refractivity contribution in [3.8, 4) is 0 Å². The normalized spacial score (nSPS) is 19.4. The predicted octanol–water partition coefficient (Wildman–Crippen LogP) is 1.13. The molecule has 21 heavy (non-hydrogen) atoms. The van der Waals surface area contributed by atoms with Crippen LogP contribution >= 0.6 is 0 Å². The molecule has 0 saturated carbocycles. The van der Waals surface area contributed by atoms with Gasteiger partial charge in [-0.05, 0) is 19.1 Å². The number of nitrogens with zero attached hydrogens (tertiary/aromatic N) is 1. The molecular formula is C15H21N3O3. The molecule has 1 fully saturated rings. The summed E-state index contributed by atoms with van der Waals surface area (Å²) in [6.45, 7) is 2.81. The van der Waals surface area contributed by atoms with Crippen LogP contribution in [-0.4, -0.2) is 44.3 Å². The number of hydrogen-bond acceptors (Lipinski definition) is 3. The molecule has 1 aliphatic rings. The van der Waals surface area contributed by atoms with Crippen molar-refractivity contribution >= 4 is 17.6 Å². The number of amides is 3. The van der Waals surface area contributed by atoms with Gasteiger partial charge in [0.25, 0.3) is 0 Å². The Bertz CT molecular complexity index is 492. The number of para-hydroxylation sites is 1. The van der Waals surface area contributed by atoms with Crippen LogP contribution in [0.3, 0.4) is 0 Å². The maximum absolute atomic E-state index is 12.0. The minimum absolute atomic E-state index is 0.0245. The summed E-state index contributed by atoms with van der Waals surface area (Å²) in [6, 6.07) is 8.95. The Kier molecular flexibility index (Phi) is 5.16. The highest BCUT2D eigenvalue weighted by molar-refractivity contribution is 5.96. The molecule has 1 aromatic rings. The fraction of sp³-hybridized carbons (Fsp3) is 0.467. The van der Waals surface area contributed by atoms with Crippen molar-refractivity contribution in [3.63, 3.8) is 0 Å². The van der Waals surface area contributed by atoms with Gasteiger partial charge in [0.1, 0.15) is 0 Å². The molecule has 1 aliphatic heterocycles. The van der Waals surface area contributed by atoms with Gasteiger partial charge in [0.05, 0.1) is 18.7 Å². The topological polar surface area (TPSA) is 70.7 Å². The van der Waals surface area contributed by atoms with Gasteiger partial charge in [0.15, 0.2) is 0 Å². The second-order valence-electron chi connectivity index (χ2n) is 5.22. The van der Waals surface area contributed by atoms with Gasteiger partial charge < -0.3 is 20.3 Å². The van der Waals surface area contributed by atoms with Gasteiger partial charge in [-0.2, -0.15) is 0 Å². The summed E-state index contributed by atoms with van der Waals surface area (Å²) >= 11 is 0. The summed E-state index contributed by atoms with van der Waals surface area (Å²) < 4.78 is 4.96. The van der Waals surface area contributed by atoms with E-state index in [9.17, 15) is 9.59 Å². The number of rotatable bonds is 5. The van der Waals surface area contributed by atoms with E-state index in [2.05, 4.69) is 10.6 Å². The zero-order chi connectivity index (χ0) is 15.2. The zero-order valence-corrected chi connectivity index (χ0v) is 12.3. The van der Waals surface area contributed by atoms with Crippen molar-refractivity contribution in [2.75, 3.05) is 25.2 Å². The first kappa shape index (κ1) is 15.3. The van der Waals surface area contributed by atoms with Gasteiger partial charge in [-0.25, -0.2) is 4.79 Å². The van der Waals surface area contributed by atoms with Gasteiger partial charge in [-0.3, -0.25) is 4.79 Å². The third-order valence-electron chi connectivity index (χ3n) is 3.32. The predicted molar refractivity (Wildman–Crippen MR) is 80.2 cm³/mol. The summed E-state index contributed by atoms with van der Waals surface area (Å²) in [5.41, 5.74) is 0.861. The largest absolute Gasteiger partial charge is 0.383 e. The molecule has 6 heteroatoms. The fourth-order valence-corrected chi connectivity index (χ4v) is 2.40. The van der Waals surface area contributed by atoms with Crippen LogP contribution in [0, 0.1) is 0 Å². The van der Waals surface area contributed by atoms with Gasteiger partial charge in [-0.15, -0.1) is 0 Å². The van der Waals surface area contributed by atoms with Crippen LogP contribution < -0.4 is 15.5 Å². The lowest BCUT2D eigenvalue weighted by Gasteiger charge is -2.18. The van der Waals surface area contributed by atoms with Crippen molar-refractivity contribution < 1.29 is 14.3 Å². The molecule has 0 radical (unpaired) electrons. The Morgan fingerprint density at radius 1 is 1.43 bits per heavy atom. The Balaban J connectivity index is 1.87. The highest BCUT2D eigenvalue weighted by Gasteiger charge is 2.31. The highest BCUT2D eigenvalue weighted by atomic mass is 16.5. The standard InChI is InChI=1S/C15H21N3O3/c1-11(10-21-2)16-15(20)17-12-8-14(19)18(9-12)13-6-4-3-5-7-13/h3-7,11-12H,8-10H2,1-2H3,(H2,16,17,20)/t11-,12-/m1/s1. The first-order valence-electron chi connectivity index (χ1n) is 7.01. The number of ether oxygens (including phenoxy) is 1. The number of carbonyl (C=O) groups excluding carboxylic acids is 2. The maximum Gasteiger partial charge on any atom is 0.315 e. The van der Waals surface area contributed by atoms with Crippen molar-refractivity contribution in [3.05, 3.63) is 30.3 Å². The molecule has 2 atom stereocenters. The van der Waals surface area contributed by atoms with E-state index in [0.717, 1.165) is 5.69 Å². The van der Waals surface area contributed by atoms with E-state index < -0.39 is 0 Å². The maximum atomic E-state index is 12.0. The minimum atomic E-state index is -0.271. The van der Waals surface area contributed by atoms with Crippen LogP contribution in [0.15, 0.2) is 30.3 Å². The summed E-state index contributed by atoms with van der Waals surface area (Å²) in [7, 11) is 1.59. The van der Waals surface area contributed by atoms with E-state index in [-0.39, 0.29) is 24.0 Å². The van der Waals surface area contributed by atoms with E-state index in [4.69, 9.17) is 4.74 Å². The molecule has 2 rings (SSSR count). The molecule has 0 aliphatic carbocycles. The first-order chi connectivity index (χ1) is 10.1. The molecule has 114 valence electrons. The molecule has 0 bridgehead atoms. The van der Waals surface area contributed by atoms with E-state index in [1.807, 2.05) is 37.3 Å². The number of carbonyl (C=O) groups is 2. The van der Waals surface area contributed by atoms with Crippen molar-refractivity contribution in [1.82, 2.24) is 10.6 Å². The SMILES string of the molecule is COC[C@@H](C)NC(=O)N[C@@H]1CC(=O)N(c2ccccc2)C1. The fourth-order valence-electron chi connectivity index (χ4n) is 2.40. The average molecular weight is 291 g/mol. The molecule has 2 N–H and O–H groups in total. The minimum Gasteiger partial charge on any atom is -0.383 e. The lowest BCUT2D eigenvalue weighted by Crippen LogP contribution is -2.47. The van der Waals surface area contributed by atoms with Crippen LogP contribution in [0.25, 0.3) is 0 Å². The summed E-state index contributed by atoms with van der Waals surface area (Å²) in [6.07, 6.45) is 0.320. The third-order valence-corrected chi connectivity index (χ3v) is 3.32. The van der Waals surface area contributed by atoms with Gasteiger partial charge in [0, 0.05) is 25.8 Å². The van der Waals surface area contributed by atoms with E-state index >= 15 is 0 Å². The number of nitrogens with one attached hydrogen (secondary N) is 2. The van der Waals surface area contributed by atoms with E-state index in [1.165, 1.54) is 0 Å². The zero-order valence-electron chi connectivity index (χ0n) is 12.3. The summed E-state index contributed by atoms with van der Waals surface area (Å²) in [5.74, 6) is 0.0245. The Morgan fingerprint density at radius 2 is 2.14 bits per heavy atom. The third kappa shape index (κ3) is 4.19. The van der Waals surface area contributed by atoms with Crippen LogP contribution in [0.4, 0.5) is 10.5 Å². The first-order valence-corrected chi connectivity index (χ1v) is 7.01. The lowest BCUT2D eigenvalue weighted by atomic mass is 10.2. The number of urea groups is 1. The molecule has 3 amide bonds. The van der Waals surface area contributed by atoms with E-state index in [0.29, 0.717) is 19.6 Å². The van der Waals surface area contributed by atoms with Crippen molar-refractivity contribution in [2.45, 2.75) is 25.4 Å². The number of hydrogen-bond donors (Lipinski definition) is 2. The van der Waals surface area contributed by atoms with Gasteiger partial charge >= 0.3 is 6.03 Å². The molecule has 1 saturated heterocycles. The van der Waals surface area contributed by atoms with Gasteiger partial charge in [0.2, 0.25) is 5.91 Å². The molecule has 0 unspecified atom stereocenters. The van der Waals surface area contributed by atoms with Gasteiger partial charge in [-0.1, -0.05) is 18.2 Å². The molecule has 1 heterocycles. The second-order valence-corrected chi connectivity index (χ2v) is 5.22. The molecular weight excluding hydrogens is 270 g/mol. The highest BCUT2D eigenvalue weighted by Crippen LogP contribution is 2.20. The Morgan fingerprint density at radius 3 is 2.81 bits per heavy atom. The quantitative estimate of drug-likeness (QED) is 0.854. The smallest absolute Gasteiger partial charge is 0.315 e. The van der Waals surface area contributed by atoms with Crippen LogP contribution in [-0.2, 0) is 9.53 Å². The van der Waals surface area contributed by atoms with Crippen LogP contribution in [0.2, 0.25) is 0 Å². The van der Waals surface area contributed by atoms with Crippen LogP contribution in [0.1, 0.15) is 13.3 Å². The Labute approximate surface area is 124 Å². The molecule has 0 aromatic heterocycles. The summed E-state index contributed by atoms with van der Waals surface area (Å²) in [5, 5.41) is 5.60. The number of benzene rings is 1. The number of methoxy groups -OCH3 is 1. The van der Waals surface area contributed by atoms with Crippen LogP contribution in [0.5, 0.6) is 0 Å². The lowest BCUT2D eigenvalue weighted by molar-refractivity contribution is -0.117. The molecule has 1 aromatic carbocycles. The number of anilines is 1. The van der Waals surface area contributed by atoms with Crippen molar-refractivity contribution in [2.24, 2.45) is 0 Å².